The molecule has 0 aliphatic rings. The second-order valence-corrected chi connectivity index (χ2v) is 14.9. The van der Waals surface area contributed by atoms with Crippen LogP contribution in [0.2, 0.25) is 0 Å². The van der Waals surface area contributed by atoms with Crippen molar-refractivity contribution >= 4 is 53.2 Å². The smallest absolute Gasteiger partial charge is 0.326 e. The molecule has 0 radical (unpaired) electrons. The highest BCUT2D eigenvalue weighted by Gasteiger charge is 2.20. The summed E-state index contributed by atoms with van der Waals surface area (Å²) >= 11 is 1.42. The van der Waals surface area contributed by atoms with Gasteiger partial charge in [-0.1, -0.05) is 77.0 Å². The van der Waals surface area contributed by atoms with E-state index in [1.807, 2.05) is 6.26 Å². The molecule has 0 bridgehead atoms. The maximum absolute atomic E-state index is 12.3. The summed E-state index contributed by atoms with van der Waals surface area (Å²) in [6, 6.07) is -1.14. The third kappa shape index (κ3) is 41.0. The normalized spacial score (nSPS) is 11.4. The lowest BCUT2D eigenvalue weighted by Crippen LogP contribution is -2.41. The quantitative estimate of drug-likeness (QED) is 0.0435. The van der Waals surface area contributed by atoms with Gasteiger partial charge in [0.25, 0.3) is 0 Å². The van der Waals surface area contributed by atoms with Gasteiger partial charge in [-0.25, -0.2) is 4.79 Å². The van der Waals surface area contributed by atoms with Gasteiger partial charge in [0.1, 0.15) is 19.3 Å². The van der Waals surface area contributed by atoms with Crippen LogP contribution >= 0.6 is 11.8 Å². The van der Waals surface area contributed by atoms with Gasteiger partial charge in [-0.2, -0.15) is 11.8 Å². The molecule has 0 heterocycles. The summed E-state index contributed by atoms with van der Waals surface area (Å²) in [7, 11) is 0. The Morgan fingerprint density at radius 1 is 0.458 bits per heavy atom. The number of carboxylic acid groups (broad SMARTS) is 2. The van der Waals surface area contributed by atoms with Crippen molar-refractivity contribution in [3.8, 4) is 0 Å². The molecule has 1 unspecified atom stereocenters. The number of amides is 5. The predicted molar refractivity (Wildman–Crippen MR) is 224 cm³/mol. The van der Waals surface area contributed by atoms with Crippen molar-refractivity contribution in [2.45, 2.75) is 122 Å². The minimum atomic E-state index is -1.18. The minimum absolute atomic E-state index is 0.0272. The van der Waals surface area contributed by atoms with Crippen molar-refractivity contribution in [3.05, 3.63) is 0 Å². The molecule has 1 atom stereocenters. The highest BCUT2D eigenvalue weighted by molar-refractivity contribution is 7.99. The molecule has 5 amide bonds. The van der Waals surface area contributed by atoms with Gasteiger partial charge in [0.15, 0.2) is 0 Å². The molecular formula is C40H73N5O13S. The Labute approximate surface area is 354 Å². The molecule has 0 aliphatic heterocycles. The molecule has 0 spiro atoms. The van der Waals surface area contributed by atoms with E-state index in [-0.39, 0.29) is 121 Å². The summed E-state index contributed by atoms with van der Waals surface area (Å²) in [4.78, 5) is 81.5. The standard InChI is InChI=1S/C40H73N5O13S/c1-59-32-38(50)42-21-20-41-36(48)30-57-28-27-56-25-23-44-37(49)31-58-29-26-55-24-22-43-34(46)19-18-33(40(53)54)45-35(47)16-14-12-10-8-6-4-2-3-5-7-9-11-13-15-17-39(51)52/h33H,2-32H2,1H3,(H,41,48)(H,42,50)(H,43,46)(H,44,49)(H,45,47)(H,51,52)(H,53,54). The van der Waals surface area contributed by atoms with Crippen LogP contribution in [0.25, 0.3) is 0 Å². The zero-order valence-corrected chi connectivity index (χ0v) is 36.1. The Balaban J connectivity index is 3.65. The second-order valence-electron chi connectivity index (χ2n) is 14.0. The first-order valence-electron chi connectivity index (χ1n) is 21.2. The summed E-state index contributed by atoms with van der Waals surface area (Å²) < 4.78 is 21.2. The van der Waals surface area contributed by atoms with E-state index < -0.39 is 18.0 Å². The third-order valence-electron chi connectivity index (χ3n) is 8.73. The first kappa shape index (κ1) is 55.5. The number of nitrogens with one attached hydrogen (secondary N) is 5. The van der Waals surface area contributed by atoms with Gasteiger partial charge < -0.3 is 55.7 Å². The molecule has 0 aromatic rings. The molecule has 18 nitrogen and oxygen atoms in total. The van der Waals surface area contributed by atoms with Crippen LogP contribution in [0.5, 0.6) is 0 Å². The van der Waals surface area contributed by atoms with E-state index in [1.54, 1.807) is 0 Å². The fraction of sp³-hybridized carbons (Fsp3) is 0.825. The molecule has 7 N–H and O–H groups in total. The molecular weight excluding hydrogens is 791 g/mol. The molecule has 0 saturated carbocycles. The molecule has 0 aliphatic carbocycles. The SMILES string of the molecule is CSCC(=O)NCCNC(=O)COCCOCCNC(=O)COCCOCCNC(=O)CCC(NC(=O)CCCCCCCCCCCCCCCCC(=O)O)C(=O)O. The number of unbranched alkanes of at least 4 members (excludes halogenated alkanes) is 13. The fourth-order valence-corrected chi connectivity index (χ4v) is 5.92. The topological polar surface area (TPSA) is 257 Å². The average molecular weight is 864 g/mol. The monoisotopic (exact) mass is 863 g/mol. The number of carbonyl (C=O) groups is 7. The van der Waals surface area contributed by atoms with Crippen LogP contribution in [-0.2, 0) is 52.5 Å². The maximum Gasteiger partial charge on any atom is 0.326 e. The van der Waals surface area contributed by atoms with E-state index >= 15 is 0 Å². The van der Waals surface area contributed by atoms with Crippen LogP contribution in [0.15, 0.2) is 0 Å². The number of carboxylic acids is 2. The first-order chi connectivity index (χ1) is 28.5. The lowest BCUT2D eigenvalue weighted by molar-refractivity contribution is -0.142. The Morgan fingerprint density at radius 2 is 0.864 bits per heavy atom. The maximum atomic E-state index is 12.3. The number of thioether (sulfide) groups is 1. The van der Waals surface area contributed by atoms with E-state index in [0.717, 1.165) is 38.5 Å². The van der Waals surface area contributed by atoms with E-state index in [0.29, 0.717) is 25.3 Å². The van der Waals surface area contributed by atoms with Crippen molar-refractivity contribution in [1.29, 1.82) is 0 Å². The highest BCUT2D eigenvalue weighted by Crippen LogP contribution is 2.14. The van der Waals surface area contributed by atoms with Crippen molar-refractivity contribution in [2.75, 3.05) is 91.0 Å². The number of aliphatic carboxylic acids is 2. The predicted octanol–water partition coefficient (Wildman–Crippen LogP) is 2.56. The van der Waals surface area contributed by atoms with Crippen molar-refractivity contribution < 1.29 is 62.7 Å². The number of hydrogen-bond acceptors (Lipinski definition) is 12. The molecule has 0 fully saturated rings. The Kier molecular flexibility index (Phi) is 38.8. The molecule has 342 valence electrons. The average Bonchev–Trinajstić information content (AvgIpc) is 3.19. The number of carbonyl (C=O) groups excluding carboxylic acids is 5. The van der Waals surface area contributed by atoms with Crippen LogP contribution in [0.3, 0.4) is 0 Å². The Bertz CT molecular complexity index is 1150. The summed E-state index contributed by atoms with van der Waals surface area (Å²) in [5.41, 5.74) is 0. The molecule has 0 rings (SSSR count). The largest absolute Gasteiger partial charge is 0.481 e. The van der Waals surface area contributed by atoms with Crippen LogP contribution in [0.4, 0.5) is 0 Å². The minimum Gasteiger partial charge on any atom is -0.481 e. The molecule has 0 aromatic heterocycles. The van der Waals surface area contributed by atoms with Gasteiger partial charge in [-0.05, 0) is 25.5 Å². The zero-order chi connectivity index (χ0) is 43.6. The highest BCUT2D eigenvalue weighted by atomic mass is 32.2. The van der Waals surface area contributed by atoms with Crippen molar-refractivity contribution in [1.82, 2.24) is 26.6 Å². The Hall–Kier alpha value is -3.52. The number of hydrogen-bond donors (Lipinski definition) is 7. The van der Waals surface area contributed by atoms with Crippen LogP contribution in [-0.4, -0.2) is 149 Å². The van der Waals surface area contributed by atoms with E-state index in [4.69, 9.17) is 24.1 Å². The lowest BCUT2D eigenvalue weighted by atomic mass is 10.0. The Morgan fingerprint density at radius 3 is 1.32 bits per heavy atom. The van der Waals surface area contributed by atoms with E-state index in [1.165, 1.54) is 56.7 Å². The van der Waals surface area contributed by atoms with Gasteiger partial charge in [-0.15, -0.1) is 0 Å². The van der Waals surface area contributed by atoms with Gasteiger partial charge in [0.2, 0.25) is 29.5 Å². The molecule has 0 saturated heterocycles. The summed E-state index contributed by atoms with van der Waals surface area (Å²) in [6.45, 7) is 2.12. The number of rotatable bonds is 43. The van der Waals surface area contributed by atoms with Gasteiger partial charge in [0.05, 0.1) is 45.4 Å². The van der Waals surface area contributed by atoms with E-state index in [9.17, 15) is 38.7 Å². The molecule has 59 heavy (non-hydrogen) atoms. The van der Waals surface area contributed by atoms with E-state index in [2.05, 4.69) is 26.6 Å². The van der Waals surface area contributed by atoms with Crippen molar-refractivity contribution in [2.24, 2.45) is 0 Å². The second kappa shape index (κ2) is 41.2. The molecule has 0 aromatic carbocycles. The zero-order valence-electron chi connectivity index (χ0n) is 35.3. The third-order valence-corrected chi connectivity index (χ3v) is 9.28. The lowest BCUT2D eigenvalue weighted by Gasteiger charge is -2.14. The van der Waals surface area contributed by atoms with Gasteiger partial charge in [-0.3, -0.25) is 28.8 Å². The summed E-state index contributed by atoms with van der Waals surface area (Å²) in [5.74, 6) is -2.92. The van der Waals surface area contributed by atoms with Crippen LogP contribution < -0.4 is 26.6 Å². The summed E-state index contributed by atoms with van der Waals surface area (Å²) in [6.07, 6.45) is 17.3. The van der Waals surface area contributed by atoms with Crippen LogP contribution in [0, 0.1) is 0 Å². The first-order valence-corrected chi connectivity index (χ1v) is 22.5. The fourth-order valence-electron chi connectivity index (χ4n) is 5.55. The van der Waals surface area contributed by atoms with Crippen LogP contribution in [0.1, 0.15) is 116 Å². The van der Waals surface area contributed by atoms with Gasteiger partial charge >= 0.3 is 11.9 Å². The molecule has 19 heteroatoms. The van der Waals surface area contributed by atoms with Gasteiger partial charge in [0, 0.05) is 45.4 Å². The van der Waals surface area contributed by atoms with Crippen molar-refractivity contribution in [3.63, 3.8) is 0 Å². The summed E-state index contributed by atoms with van der Waals surface area (Å²) in [5, 5.41) is 31.3. The number of ether oxygens (including phenoxy) is 4.